The molecule has 12 amide bonds. The van der Waals surface area contributed by atoms with E-state index >= 15 is 0 Å². The Balaban J connectivity index is 1.89. The van der Waals surface area contributed by atoms with Crippen molar-refractivity contribution in [1.29, 1.82) is 0 Å². The number of primary amides is 3. The molecule has 0 aliphatic carbocycles. The highest BCUT2D eigenvalue weighted by Crippen LogP contribution is 2.21. The average Bonchev–Trinajstić information content (AvgIpc) is 2.66. The number of carbonyl (C=O) groups is 13. The van der Waals surface area contributed by atoms with Gasteiger partial charge in [-0.1, -0.05) is 78.3 Å². The number of carboxylic acids is 1. The molecule has 19 N–H and O–H groups in total. The third-order valence-corrected chi connectivity index (χ3v) is 14.4. The number of hydrogen-bond donors (Lipinski definition) is 15. The minimum atomic E-state index is -1.91. The molecule has 1 saturated heterocycles. The molecule has 1 fully saturated rings. The predicted molar refractivity (Wildman–Crippen MR) is 309 cm³/mol. The molecule has 1 aliphatic heterocycles. The first-order chi connectivity index (χ1) is 40.4. The van der Waals surface area contributed by atoms with Gasteiger partial charge in [0.25, 0.3) is 0 Å². The maximum absolute atomic E-state index is 14.3. The highest BCUT2D eigenvalue weighted by molar-refractivity contribution is 5.99. The van der Waals surface area contributed by atoms with Crippen LogP contribution < -0.4 is 65.5 Å². The van der Waals surface area contributed by atoms with Gasteiger partial charge >= 0.3 is 5.97 Å². The van der Waals surface area contributed by atoms with Crippen LogP contribution in [-0.4, -0.2) is 175 Å². The lowest BCUT2D eigenvalue weighted by Crippen LogP contribution is -2.62. The minimum absolute atomic E-state index is 0.0749. The summed E-state index contributed by atoms with van der Waals surface area (Å²) < 4.78 is 0. The molecule has 0 saturated carbocycles. The van der Waals surface area contributed by atoms with E-state index in [-0.39, 0.29) is 50.3 Å². The van der Waals surface area contributed by atoms with Crippen LogP contribution in [-0.2, 0) is 75.2 Å². The van der Waals surface area contributed by atoms with Crippen molar-refractivity contribution in [1.82, 2.24) is 57.4 Å². The summed E-state index contributed by atoms with van der Waals surface area (Å²) in [5, 5.41) is 40.7. The number of hydrogen-bond acceptors (Lipinski definition) is 16. The molecular weight excluding hydrogens is 1120 g/mol. The summed E-state index contributed by atoms with van der Waals surface area (Å²) in [5.74, 6) is -13.7. The van der Waals surface area contributed by atoms with Crippen molar-refractivity contribution in [2.45, 2.75) is 192 Å². The fourth-order valence-electron chi connectivity index (χ4n) is 9.39. The lowest BCUT2D eigenvalue weighted by Gasteiger charge is -2.30. The topological polar surface area (TPSA) is 495 Å². The first-order valence-electron chi connectivity index (χ1n) is 28.7. The van der Waals surface area contributed by atoms with Gasteiger partial charge in [-0.3, -0.25) is 57.5 Å². The van der Waals surface area contributed by atoms with Gasteiger partial charge in [-0.2, -0.15) is 0 Å². The standard InChI is InChI=1S/C56H87N15O15/c1-8-30(6)45(56(85)86)69-50(79)38(23-28(2)3)67-53(82)44(29(4)5)68-49(78)37(18-21-43(60)75)65-54(83)46(31(7)72)70-51(80)39(25-33-26-61-27-62-33)66-48(77)35(16-19-41(58)73)63-47(76)36(17-20-42(59)74)64-52(81)40-15-12-22-71(40)55(84)34(57)24-32-13-10-9-11-14-32/h9-11,13-14,26-31,34-40,44-46,72H,8,12,15-25,57H2,1-7H3,(H2,58,73)(H2,59,74)(H2,60,75)(H,61,62)(H,63,76)(H,64,81)(H,65,83)(H,66,77)(H,67,82)(H,68,78)(H,69,79)(H,70,80)(H,85,86)/t30-,31+,34-,35-,36-,37-,38-,39-,40-,44-,45-,46-/m0/s1. The molecule has 12 atom stereocenters. The molecule has 3 rings (SSSR count). The summed E-state index contributed by atoms with van der Waals surface area (Å²) >= 11 is 0. The lowest BCUT2D eigenvalue weighted by molar-refractivity contribution is -0.144. The number of aromatic nitrogens is 2. The van der Waals surface area contributed by atoms with Crippen LogP contribution >= 0.6 is 0 Å². The number of likely N-dealkylation sites (tertiary alicyclic amines) is 1. The van der Waals surface area contributed by atoms with Crippen LogP contribution in [0.3, 0.4) is 0 Å². The van der Waals surface area contributed by atoms with Crippen LogP contribution in [0.5, 0.6) is 0 Å². The van der Waals surface area contributed by atoms with E-state index in [1.165, 1.54) is 17.4 Å². The Labute approximate surface area is 498 Å². The van der Waals surface area contributed by atoms with Crippen molar-refractivity contribution in [2.75, 3.05) is 6.54 Å². The van der Waals surface area contributed by atoms with Gasteiger partial charge in [0.1, 0.15) is 54.4 Å². The maximum atomic E-state index is 14.3. The molecule has 0 radical (unpaired) electrons. The molecule has 1 aromatic carbocycles. The number of aliphatic hydroxyl groups is 1. The van der Waals surface area contributed by atoms with Crippen molar-refractivity contribution in [3.05, 3.63) is 54.1 Å². The van der Waals surface area contributed by atoms with Crippen LogP contribution in [0.4, 0.5) is 0 Å². The summed E-state index contributed by atoms with van der Waals surface area (Å²) in [4.78, 5) is 182. The number of aliphatic carboxylic acids is 1. The van der Waals surface area contributed by atoms with Gasteiger partial charge < -0.3 is 85.6 Å². The van der Waals surface area contributed by atoms with Crippen LogP contribution in [0, 0.1) is 17.8 Å². The number of H-pyrrole nitrogens is 1. The predicted octanol–water partition coefficient (Wildman–Crippen LogP) is -3.60. The van der Waals surface area contributed by atoms with E-state index in [0.717, 1.165) is 12.5 Å². The average molecular weight is 1210 g/mol. The number of nitrogens with two attached hydrogens (primary N) is 4. The minimum Gasteiger partial charge on any atom is -0.480 e. The number of aromatic amines is 1. The number of aliphatic hydroxyl groups excluding tert-OH is 1. The Morgan fingerprint density at radius 3 is 1.57 bits per heavy atom. The highest BCUT2D eigenvalue weighted by atomic mass is 16.4. The number of benzene rings is 1. The Morgan fingerprint density at radius 1 is 0.616 bits per heavy atom. The first-order valence-corrected chi connectivity index (χ1v) is 28.7. The molecule has 476 valence electrons. The van der Waals surface area contributed by atoms with Gasteiger partial charge in [-0.15, -0.1) is 0 Å². The zero-order valence-electron chi connectivity index (χ0n) is 49.7. The van der Waals surface area contributed by atoms with E-state index in [4.69, 9.17) is 22.9 Å². The van der Waals surface area contributed by atoms with Gasteiger partial charge in [0.15, 0.2) is 0 Å². The monoisotopic (exact) mass is 1210 g/mol. The van der Waals surface area contributed by atoms with E-state index < -0.39 is 187 Å². The van der Waals surface area contributed by atoms with Crippen molar-refractivity contribution in [2.24, 2.45) is 40.7 Å². The van der Waals surface area contributed by atoms with Crippen molar-refractivity contribution < 1.29 is 72.5 Å². The van der Waals surface area contributed by atoms with Crippen LogP contribution in [0.2, 0.25) is 0 Å². The number of amides is 12. The third-order valence-electron chi connectivity index (χ3n) is 14.4. The van der Waals surface area contributed by atoms with E-state index in [0.29, 0.717) is 12.8 Å². The number of carbonyl (C=O) groups excluding carboxylic acids is 12. The Hall–Kier alpha value is -8.54. The van der Waals surface area contributed by atoms with Crippen LogP contribution in [0.15, 0.2) is 42.9 Å². The highest BCUT2D eigenvalue weighted by Gasteiger charge is 2.40. The number of rotatable bonds is 37. The Kier molecular flexibility index (Phi) is 29.2. The second kappa shape index (κ2) is 35.0. The van der Waals surface area contributed by atoms with E-state index in [9.17, 15) is 72.5 Å². The smallest absolute Gasteiger partial charge is 0.326 e. The van der Waals surface area contributed by atoms with Crippen molar-refractivity contribution in [3.8, 4) is 0 Å². The van der Waals surface area contributed by atoms with E-state index in [2.05, 4.69) is 52.5 Å². The number of nitrogens with one attached hydrogen (secondary N) is 9. The molecule has 0 unspecified atom stereocenters. The molecule has 2 heterocycles. The number of nitrogens with zero attached hydrogens (tertiary/aromatic N) is 2. The third kappa shape index (κ3) is 23.5. The Bertz CT molecular complexity index is 2670. The second-order valence-electron chi connectivity index (χ2n) is 22.4. The zero-order chi connectivity index (χ0) is 64.5. The summed E-state index contributed by atoms with van der Waals surface area (Å²) in [6, 6.07) is -5.51. The SMILES string of the molecule is CC[C@H](C)[C@H](NC(=O)[C@H](CC(C)C)NC(=O)[C@@H](NC(=O)[C@H](CCC(N)=O)NC(=O)[C@@H](NC(=O)[C@H](Cc1cnc[nH]1)NC(=O)[C@H](CCC(N)=O)NC(=O)[C@H](CCC(N)=O)NC(=O)[C@@H]1CCCN1C(=O)[C@@H](N)Cc1ccccc1)[C@@H](C)O)C(C)C)C(=O)O. The molecular formula is C56H87N15O15. The van der Waals surface area contributed by atoms with Crippen LogP contribution in [0.25, 0.3) is 0 Å². The second-order valence-corrected chi connectivity index (χ2v) is 22.4. The molecule has 2 aromatic rings. The van der Waals surface area contributed by atoms with Gasteiger partial charge in [-0.05, 0) is 75.2 Å². The molecule has 30 nitrogen and oxygen atoms in total. The van der Waals surface area contributed by atoms with Gasteiger partial charge in [0.05, 0.1) is 18.5 Å². The summed E-state index contributed by atoms with van der Waals surface area (Å²) in [6.07, 6.45) is -1.01. The van der Waals surface area contributed by atoms with E-state index in [1.54, 1.807) is 71.9 Å². The fourth-order valence-corrected chi connectivity index (χ4v) is 9.39. The van der Waals surface area contributed by atoms with E-state index in [1.807, 2.05) is 0 Å². The molecule has 1 aromatic heterocycles. The quantitative estimate of drug-likeness (QED) is 0.0311. The van der Waals surface area contributed by atoms with Gasteiger partial charge in [0.2, 0.25) is 70.9 Å². The lowest BCUT2D eigenvalue weighted by atomic mass is 9.97. The van der Waals surface area contributed by atoms with Crippen LogP contribution in [0.1, 0.15) is 124 Å². The largest absolute Gasteiger partial charge is 0.480 e. The van der Waals surface area contributed by atoms with Crippen molar-refractivity contribution >= 4 is 76.9 Å². The normalized spacial score (nSPS) is 16.9. The van der Waals surface area contributed by atoms with Gasteiger partial charge in [-0.25, -0.2) is 9.78 Å². The molecule has 0 bridgehead atoms. The van der Waals surface area contributed by atoms with Gasteiger partial charge in [0, 0.05) is 44.1 Å². The molecule has 86 heavy (non-hydrogen) atoms. The van der Waals surface area contributed by atoms with Crippen molar-refractivity contribution in [3.63, 3.8) is 0 Å². The summed E-state index contributed by atoms with van der Waals surface area (Å²) in [5.41, 5.74) is 23.6. The number of imidazole rings is 1. The molecule has 30 heteroatoms. The first kappa shape index (κ1) is 71.7. The summed E-state index contributed by atoms with van der Waals surface area (Å²) in [6.45, 7) is 11.4. The molecule has 1 aliphatic rings. The maximum Gasteiger partial charge on any atom is 0.326 e. The summed E-state index contributed by atoms with van der Waals surface area (Å²) in [7, 11) is 0. The Morgan fingerprint density at radius 2 is 1.08 bits per heavy atom. The number of carboxylic acid groups (broad SMARTS) is 1. The molecule has 0 spiro atoms. The fraction of sp³-hybridized carbons (Fsp3) is 0.607. The zero-order valence-corrected chi connectivity index (χ0v) is 49.7.